The van der Waals surface area contributed by atoms with Crippen LogP contribution in [-0.4, -0.2) is 16.1 Å². The van der Waals surface area contributed by atoms with E-state index in [1.54, 1.807) is 11.8 Å². The summed E-state index contributed by atoms with van der Waals surface area (Å²) in [6.45, 7) is 0. The third-order valence-electron chi connectivity index (χ3n) is 3.52. The molecule has 1 aliphatic carbocycles. The molecule has 1 N–H and O–H groups in total. The monoisotopic (exact) mass is 285 g/mol. The van der Waals surface area contributed by atoms with Crippen LogP contribution in [0.2, 0.25) is 0 Å². The number of aromatic nitrogens is 1. The molecule has 0 amide bonds. The maximum absolute atomic E-state index is 10.8. The van der Waals surface area contributed by atoms with Crippen LogP contribution in [0.4, 0.5) is 0 Å². The molecule has 0 bridgehead atoms. The summed E-state index contributed by atoms with van der Waals surface area (Å²) in [5.74, 6) is 0.152. The minimum absolute atomic E-state index is 0.160. The lowest BCUT2D eigenvalue weighted by Gasteiger charge is -2.03. The van der Waals surface area contributed by atoms with Crippen LogP contribution < -0.4 is 0 Å². The lowest BCUT2D eigenvalue weighted by molar-refractivity contribution is -0.138. The molecule has 0 unspecified atom stereocenters. The molecule has 1 heterocycles. The van der Waals surface area contributed by atoms with E-state index in [0.717, 1.165) is 22.8 Å². The fraction of sp³-hybridized carbons (Fsp3) is 0.250. The Balaban J connectivity index is 1.58. The molecule has 1 aromatic heterocycles. The predicted octanol–water partition coefficient (Wildman–Crippen LogP) is 3.56. The van der Waals surface area contributed by atoms with Crippen molar-refractivity contribution in [3.05, 3.63) is 59.8 Å². The molecule has 1 aromatic carbocycles. The van der Waals surface area contributed by atoms with Gasteiger partial charge in [0.25, 0.3) is 0 Å². The van der Waals surface area contributed by atoms with Crippen molar-refractivity contribution in [2.24, 2.45) is 5.92 Å². The van der Waals surface area contributed by atoms with Gasteiger partial charge in [0, 0.05) is 11.9 Å². The standard InChI is InChI=1S/C16H15NO2S/c18-16(19)14-8-13(14)12-6-7-15(17-9-12)20-10-11-4-2-1-3-5-11/h1-7,9,13-14H,8,10H2,(H,18,19)/t13-,14+/m0/s1. The number of rotatable bonds is 5. The molecule has 102 valence electrons. The first-order chi connectivity index (χ1) is 9.74. The van der Waals surface area contributed by atoms with Crippen LogP contribution in [0.15, 0.2) is 53.7 Å². The molecule has 1 saturated carbocycles. The van der Waals surface area contributed by atoms with E-state index in [2.05, 4.69) is 17.1 Å². The molecule has 1 fully saturated rings. The van der Waals surface area contributed by atoms with Crippen LogP contribution in [0, 0.1) is 5.92 Å². The van der Waals surface area contributed by atoms with E-state index in [1.807, 2.05) is 36.5 Å². The van der Waals surface area contributed by atoms with E-state index < -0.39 is 5.97 Å². The number of thioether (sulfide) groups is 1. The Morgan fingerprint density at radius 2 is 2.05 bits per heavy atom. The van der Waals surface area contributed by atoms with Gasteiger partial charge >= 0.3 is 5.97 Å². The first-order valence-corrected chi connectivity index (χ1v) is 7.58. The highest BCUT2D eigenvalue weighted by atomic mass is 32.2. The highest BCUT2D eigenvalue weighted by molar-refractivity contribution is 7.98. The van der Waals surface area contributed by atoms with Gasteiger partial charge < -0.3 is 5.11 Å². The summed E-state index contributed by atoms with van der Waals surface area (Å²) in [7, 11) is 0. The Hall–Kier alpha value is -1.81. The summed E-state index contributed by atoms with van der Waals surface area (Å²) in [5, 5.41) is 9.90. The number of carboxylic acids is 1. The van der Waals surface area contributed by atoms with Gasteiger partial charge in [-0.1, -0.05) is 36.4 Å². The van der Waals surface area contributed by atoms with E-state index >= 15 is 0 Å². The van der Waals surface area contributed by atoms with Gasteiger partial charge in [-0.2, -0.15) is 0 Å². The van der Waals surface area contributed by atoms with Crippen molar-refractivity contribution in [3.8, 4) is 0 Å². The molecule has 0 spiro atoms. The normalized spacial score (nSPS) is 20.6. The predicted molar refractivity (Wildman–Crippen MR) is 78.7 cm³/mol. The Kier molecular flexibility index (Phi) is 3.74. The first-order valence-electron chi connectivity index (χ1n) is 6.59. The highest BCUT2D eigenvalue weighted by Gasteiger charge is 2.44. The van der Waals surface area contributed by atoms with Gasteiger partial charge in [-0.3, -0.25) is 4.79 Å². The van der Waals surface area contributed by atoms with Crippen molar-refractivity contribution in [2.75, 3.05) is 0 Å². The number of nitrogens with zero attached hydrogens (tertiary/aromatic N) is 1. The number of pyridine rings is 1. The molecule has 3 rings (SSSR count). The van der Waals surface area contributed by atoms with Gasteiger partial charge in [0.1, 0.15) is 0 Å². The smallest absolute Gasteiger partial charge is 0.307 e. The number of hydrogen-bond acceptors (Lipinski definition) is 3. The number of hydrogen-bond donors (Lipinski definition) is 1. The first kappa shape index (κ1) is 13.2. The largest absolute Gasteiger partial charge is 0.481 e. The van der Waals surface area contributed by atoms with Gasteiger partial charge in [0.15, 0.2) is 0 Å². The average Bonchev–Trinajstić information content (AvgIpc) is 3.27. The van der Waals surface area contributed by atoms with Gasteiger partial charge in [0.05, 0.1) is 10.9 Å². The van der Waals surface area contributed by atoms with Crippen LogP contribution in [-0.2, 0) is 10.5 Å². The molecule has 3 nitrogen and oxygen atoms in total. The maximum atomic E-state index is 10.8. The lowest BCUT2D eigenvalue weighted by Crippen LogP contribution is -1.99. The minimum Gasteiger partial charge on any atom is -0.481 e. The number of carboxylic acid groups (broad SMARTS) is 1. The van der Waals surface area contributed by atoms with Gasteiger partial charge in [0.2, 0.25) is 0 Å². The molecule has 0 radical (unpaired) electrons. The summed E-state index contributed by atoms with van der Waals surface area (Å²) in [6.07, 6.45) is 2.56. The number of aliphatic carboxylic acids is 1. The third kappa shape index (κ3) is 3.02. The summed E-state index contributed by atoms with van der Waals surface area (Å²) >= 11 is 1.69. The van der Waals surface area contributed by atoms with Crippen molar-refractivity contribution in [1.82, 2.24) is 4.98 Å². The second kappa shape index (κ2) is 5.67. The van der Waals surface area contributed by atoms with Crippen molar-refractivity contribution >= 4 is 17.7 Å². The molecular formula is C16H15NO2S. The van der Waals surface area contributed by atoms with Crippen molar-refractivity contribution in [1.29, 1.82) is 0 Å². The Morgan fingerprint density at radius 3 is 2.65 bits per heavy atom. The quantitative estimate of drug-likeness (QED) is 0.853. The highest BCUT2D eigenvalue weighted by Crippen LogP contribution is 2.47. The zero-order chi connectivity index (χ0) is 13.9. The molecule has 1 aliphatic rings. The lowest BCUT2D eigenvalue weighted by atomic mass is 10.1. The Labute approximate surface area is 122 Å². The SMILES string of the molecule is O=C(O)[C@@H]1C[C@H]1c1ccc(SCc2ccccc2)nc1. The van der Waals surface area contributed by atoms with Crippen LogP contribution >= 0.6 is 11.8 Å². The topological polar surface area (TPSA) is 50.2 Å². The van der Waals surface area contributed by atoms with Crippen LogP contribution in [0.1, 0.15) is 23.5 Å². The Morgan fingerprint density at radius 1 is 1.25 bits per heavy atom. The molecular weight excluding hydrogens is 270 g/mol. The van der Waals surface area contributed by atoms with Crippen LogP contribution in [0.3, 0.4) is 0 Å². The number of benzene rings is 1. The van der Waals surface area contributed by atoms with E-state index in [4.69, 9.17) is 5.11 Å². The molecule has 0 aliphatic heterocycles. The fourth-order valence-corrected chi connectivity index (χ4v) is 3.06. The zero-order valence-electron chi connectivity index (χ0n) is 10.9. The van der Waals surface area contributed by atoms with Gasteiger partial charge in [-0.05, 0) is 29.5 Å². The van der Waals surface area contributed by atoms with Crippen molar-refractivity contribution in [3.63, 3.8) is 0 Å². The maximum Gasteiger partial charge on any atom is 0.307 e. The van der Waals surface area contributed by atoms with Crippen LogP contribution in [0.25, 0.3) is 0 Å². The van der Waals surface area contributed by atoms with E-state index in [9.17, 15) is 4.79 Å². The molecule has 2 atom stereocenters. The van der Waals surface area contributed by atoms with Gasteiger partial charge in [-0.15, -0.1) is 11.8 Å². The third-order valence-corrected chi connectivity index (χ3v) is 4.54. The van der Waals surface area contributed by atoms with Crippen LogP contribution in [0.5, 0.6) is 0 Å². The summed E-state index contributed by atoms with van der Waals surface area (Å²) in [6, 6.07) is 14.3. The summed E-state index contributed by atoms with van der Waals surface area (Å²) < 4.78 is 0. The van der Waals surface area contributed by atoms with Crippen molar-refractivity contribution in [2.45, 2.75) is 23.1 Å². The summed E-state index contributed by atoms with van der Waals surface area (Å²) in [5.41, 5.74) is 2.32. The van der Waals surface area contributed by atoms with E-state index in [-0.39, 0.29) is 11.8 Å². The molecule has 4 heteroatoms. The zero-order valence-corrected chi connectivity index (χ0v) is 11.7. The average molecular weight is 285 g/mol. The second-order valence-corrected chi connectivity index (χ2v) is 5.99. The molecule has 20 heavy (non-hydrogen) atoms. The molecule has 2 aromatic rings. The van der Waals surface area contributed by atoms with Gasteiger partial charge in [-0.25, -0.2) is 4.98 Å². The van der Waals surface area contributed by atoms with E-state index in [1.165, 1.54) is 5.56 Å². The minimum atomic E-state index is -0.697. The van der Waals surface area contributed by atoms with E-state index in [0.29, 0.717) is 0 Å². The number of carbonyl (C=O) groups is 1. The fourth-order valence-electron chi connectivity index (χ4n) is 2.26. The Bertz CT molecular complexity index is 598. The molecule has 0 saturated heterocycles. The summed E-state index contributed by atoms with van der Waals surface area (Å²) in [4.78, 5) is 15.3. The second-order valence-electron chi connectivity index (χ2n) is 4.99. The van der Waals surface area contributed by atoms with Crippen molar-refractivity contribution < 1.29 is 9.90 Å².